The second-order valence-electron chi connectivity index (χ2n) is 7.11. The lowest BCUT2D eigenvalue weighted by atomic mass is 9.99. The topological polar surface area (TPSA) is 24.9 Å². The number of rotatable bonds is 4. The molecule has 2 atom stereocenters. The highest BCUT2D eigenvalue weighted by Gasteiger charge is 2.43. The Bertz CT molecular complexity index is 508. The SMILES string of the molecule is CN(C)CC1CCC2(COCCN(Cc3ccc(F)cc3)C2)O1. The lowest BCUT2D eigenvalue weighted by molar-refractivity contribution is -0.0902. The van der Waals surface area contributed by atoms with Crippen molar-refractivity contribution in [2.75, 3.05) is 46.9 Å². The summed E-state index contributed by atoms with van der Waals surface area (Å²) in [5, 5.41) is 0. The highest BCUT2D eigenvalue weighted by Crippen LogP contribution is 2.33. The summed E-state index contributed by atoms with van der Waals surface area (Å²) in [4.78, 5) is 4.55. The van der Waals surface area contributed by atoms with Gasteiger partial charge in [-0.2, -0.15) is 0 Å². The van der Waals surface area contributed by atoms with Gasteiger partial charge in [-0.15, -0.1) is 0 Å². The second-order valence-corrected chi connectivity index (χ2v) is 7.11. The first-order valence-electron chi connectivity index (χ1n) is 8.42. The molecule has 2 fully saturated rings. The largest absolute Gasteiger partial charge is 0.377 e. The summed E-state index contributed by atoms with van der Waals surface area (Å²) in [5.41, 5.74) is 0.947. The Morgan fingerprint density at radius 3 is 2.83 bits per heavy atom. The van der Waals surface area contributed by atoms with E-state index >= 15 is 0 Å². The zero-order chi connectivity index (χ0) is 16.3. The summed E-state index contributed by atoms with van der Waals surface area (Å²) < 4.78 is 25.3. The van der Waals surface area contributed by atoms with Crippen LogP contribution in [0.2, 0.25) is 0 Å². The van der Waals surface area contributed by atoms with E-state index in [-0.39, 0.29) is 11.4 Å². The number of hydrogen-bond donors (Lipinski definition) is 0. The molecule has 23 heavy (non-hydrogen) atoms. The Hall–Kier alpha value is -1.01. The highest BCUT2D eigenvalue weighted by molar-refractivity contribution is 5.16. The Morgan fingerprint density at radius 1 is 1.30 bits per heavy atom. The third-order valence-corrected chi connectivity index (χ3v) is 4.66. The molecule has 1 aromatic carbocycles. The fraction of sp³-hybridized carbons (Fsp3) is 0.667. The van der Waals surface area contributed by atoms with Crippen molar-refractivity contribution in [1.82, 2.24) is 9.80 Å². The minimum atomic E-state index is -0.185. The molecule has 0 aliphatic carbocycles. The minimum absolute atomic E-state index is 0.183. The number of likely N-dealkylation sites (N-methyl/N-ethyl adjacent to an activating group) is 1. The van der Waals surface area contributed by atoms with Crippen LogP contribution in [0.15, 0.2) is 24.3 Å². The van der Waals surface area contributed by atoms with E-state index in [1.54, 1.807) is 0 Å². The van der Waals surface area contributed by atoms with Crippen LogP contribution in [0.25, 0.3) is 0 Å². The zero-order valence-corrected chi connectivity index (χ0v) is 14.1. The normalized spacial score (nSPS) is 29.3. The van der Waals surface area contributed by atoms with Gasteiger partial charge in [-0.1, -0.05) is 12.1 Å². The predicted molar refractivity (Wildman–Crippen MR) is 87.9 cm³/mol. The molecule has 0 radical (unpaired) electrons. The van der Waals surface area contributed by atoms with Crippen LogP contribution in [0.5, 0.6) is 0 Å². The Balaban J connectivity index is 1.63. The van der Waals surface area contributed by atoms with Gasteiger partial charge in [0, 0.05) is 26.2 Å². The van der Waals surface area contributed by atoms with Gasteiger partial charge in [0.15, 0.2) is 0 Å². The van der Waals surface area contributed by atoms with Crippen LogP contribution in [0.4, 0.5) is 4.39 Å². The molecule has 0 aromatic heterocycles. The molecule has 1 aromatic rings. The van der Waals surface area contributed by atoms with Crippen molar-refractivity contribution in [3.63, 3.8) is 0 Å². The standard InChI is InChI=1S/C18H27FN2O2/c1-20(2)12-17-7-8-18(23-17)13-21(9-10-22-14-18)11-15-3-5-16(19)6-4-15/h3-6,17H,7-14H2,1-2H3. The van der Waals surface area contributed by atoms with Crippen molar-refractivity contribution in [3.05, 3.63) is 35.6 Å². The van der Waals surface area contributed by atoms with Crippen LogP contribution >= 0.6 is 0 Å². The van der Waals surface area contributed by atoms with Gasteiger partial charge in [0.1, 0.15) is 11.4 Å². The molecule has 2 saturated heterocycles. The Labute approximate surface area is 138 Å². The lowest BCUT2D eigenvalue weighted by Gasteiger charge is -2.32. The van der Waals surface area contributed by atoms with Crippen molar-refractivity contribution in [2.24, 2.45) is 0 Å². The van der Waals surface area contributed by atoms with E-state index < -0.39 is 0 Å². The van der Waals surface area contributed by atoms with Crippen LogP contribution < -0.4 is 0 Å². The van der Waals surface area contributed by atoms with Crippen molar-refractivity contribution in [1.29, 1.82) is 0 Å². The maximum absolute atomic E-state index is 13.1. The molecule has 2 aliphatic rings. The maximum Gasteiger partial charge on any atom is 0.123 e. The first kappa shape index (κ1) is 16.8. The summed E-state index contributed by atoms with van der Waals surface area (Å²) in [7, 11) is 4.16. The van der Waals surface area contributed by atoms with E-state index in [9.17, 15) is 4.39 Å². The quantitative estimate of drug-likeness (QED) is 0.848. The van der Waals surface area contributed by atoms with E-state index in [0.29, 0.717) is 12.7 Å². The van der Waals surface area contributed by atoms with Gasteiger partial charge in [0.25, 0.3) is 0 Å². The van der Waals surface area contributed by atoms with Crippen LogP contribution in [-0.4, -0.2) is 68.4 Å². The molecule has 2 heterocycles. The van der Waals surface area contributed by atoms with Gasteiger partial charge in [0.2, 0.25) is 0 Å². The monoisotopic (exact) mass is 322 g/mol. The molecule has 4 nitrogen and oxygen atoms in total. The van der Waals surface area contributed by atoms with Gasteiger partial charge < -0.3 is 14.4 Å². The molecule has 3 rings (SSSR count). The molecular formula is C18H27FN2O2. The number of nitrogens with zero attached hydrogens (tertiary/aromatic N) is 2. The Kier molecular flexibility index (Phi) is 5.31. The maximum atomic E-state index is 13.1. The molecule has 0 amide bonds. The first-order valence-corrected chi connectivity index (χ1v) is 8.42. The summed E-state index contributed by atoms with van der Waals surface area (Å²) in [5.74, 6) is -0.185. The molecule has 0 bridgehead atoms. The molecule has 2 aliphatic heterocycles. The fourth-order valence-corrected chi connectivity index (χ4v) is 3.62. The van der Waals surface area contributed by atoms with Crippen molar-refractivity contribution >= 4 is 0 Å². The van der Waals surface area contributed by atoms with Gasteiger partial charge in [-0.25, -0.2) is 4.39 Å². The summed E-state index contributed by atoms with van der Waals surface area (Å²) in [6.07, 6.45) is 2.43. The second kappa shape index (κ2) is 7.26. The molecule has 0 N–H and O–H groups in total. The van der Waals surface area contributed by atoms with Crippen LogP contribution in [-0.2, 0) is 16.0 Å². The average Bonchev–Trinajstić information content (AvgIpc) is 2.76. The van der Waals surface area contributed by atoms with Crippen molar-refractivity contribution < 1.29 is 13.9 Å². The summed E-state index contributed by atoms with van der Waals surface area (Å²) in [6, 6.07) is 6.77. The third-order valence-electron chi connectivity index (χ3n) is 4.66. The number of halogens is 1. The zero-order valence-electron chi connectivity index (χ0n) is 14.1. The molecular weight excluding hydrogens is 295 g/mol. The van der Waals surface area contributed by atoms with Crippen LogP contribution in [0.3, 0.4) is 0 Å². The van der Waals surface area contributed by atoms with Gasteiger partial charge in [-0.05, 0) is 44.6 Å². The average molecular weight is 322 g/mol. The van der Waals surface area contributed by atoms with E-state index in [0.717, 1.165) is 51.2 Å². The van der Waals surface area contributed by atoms with E-state index in [4.69, 9.17) is 9.47 Å². The van der Waals surface area contributed by atoms with E-state index in [2.05, 4.69) is 23.9 Å². The number of hydrogen-bond acceptors (Lipinski definition) is 4. The first-order chi connectivity index (χ1) is 11.0. The number of ether oxygens (including phenoxy) is 2. The van der Waals surface area contributed by atoms with E-state index in [1.165, 1.54) is 12.1 Å². The summed E-state index contributed by atoms with van der Waals surface area (Å²) >= 11 is 0. The molecule has 1 spiro atoms. The molecule has 0 saturated carbocycles. The predicted octanol–water partition coefficient (Wildman–Crippen LogP) is 2.14. The van der Waals surface area contributed by atoms with Gasteiger partial charge in [0.05, 0.1) is 19.3 Å². The Morgan fingerprint density at radius 2 is 2.09 bits per heavy atom. The fourth-order valence-electron chi connectivity index (χ4n) is 3.62. The molecule has 128 valence electrons. The third kappa shape index (κ3) is 4.51. The van der Waals surface area contributed by atoms with E-state index in [1.807, 2.05) is 12.1 Å². The van der Waals surface area contributed by atoms with Crippen LogP contribution in [0, 0.1) is 5.82 Å². The van der Waals surface area contributed by atoms with Crippen molar-refractivity contribution in [3.8, 4) is 0 Å². The molecule has 2 unspecified atom stereocenters. The van der Waals surface area contributed by atoms with Gasteiger partial charge in [-0.3, -0.25) is 4.90 Å². The minimum Gasteiger partial charge on any atom is -0.377 e. The molecule has 5 heteroatoms. The summed E-state index contributed by atoms with van der Waals surface area (Å²) in [6.45, 7) is 4.95. The lowest BCUT2D eigenvalue weighted by Crippen LogP contribution is -2.45. The highest BCUT2D eigenvalue weighted by atomic mass is 19.1. The van der Waals surface area contributed by atoms with Crippen LogP contribution in [0.1, 0.15) is 18.4 Å². The van der Waals surface area contributed by atoms with Gasteiger partial charge >= 0.3 is 0 Å². The van der Waals surface area contributed by atoms with Crippen molar-refractivity contribution in [2.45, 2.75) is 31.1 Å². The smallest absolute Gasteiger partial charge is 0.123 e. The number of benzene rings is 1.